The van der Waals surface area contributed by atoms with E-state index in [1.165, 1.54) is 12.1 Å². The number of pyridine rings is 1. The zero-order valence-corrected chi connectivity index (χ0v) is 13.9. The molecule has 0 saturated carbocycles. The second-order valence-electron chi connectivity index (χ2n) is 4.89. The van der Waals surface area contributed by atoms with Gasteiger partial charge in [0.05, 0.1) is 6.54 Å². The minimum absolute atomic E-state index is 0.181. The molecular formula is C16H16Cl2N2O2. The molecule has 0 aliphatic heterocycles. The van der Waals surface area contributed by atoms with Crippen molar-refractivity contribution in [3.63, 3.8) is 0 Å². The fourth-order valence-corrected chi connectivity index (χ4v) is 2.38. The predicted molar refractivity (Wildman–Crippen MR) is 87.9 cm³/mol. The lowest BCUT2D eigenvalue weighted by Gasteiger charge is -2.18. The van der Waals surface area contributed by atoms with Crippen molar-refractivity contribution in [3.05, 3.63) is 57.8 Å². The van der Waals surface area contributed by atoms with Crippen LogP contribution in [0.2, 0.25) is 10.3 Å². The first-order valence-corrected chi connectivity index (χ1v) is 7.49. The van der Waals surface area contributed by atoms with E-state index in [4.69, 9.17) is 27.9 Å². The Labute approximate surface area is 139 Å². The Morgan fingerprint density at radius 2 is 1.91 bits per heavy atom. The van der Waals surface area contributed by atoms with Crippen LogP contribution in [0.3, 0.4) is 0 Å². The number of rotatable bonds is 5. The van der Waals surface area contributed by atoms with Gasteiger partial charge in [-0.2, -0.15) is 0 Å². The Balaban J connectivity index is 1.91. The van der Waals surface area contributed by atoms with Gasteiger partial charge < -0.3 is 9.64 Å². The highest BCUT2D eigenvalue weighted by Gasteiger charge is 2.13. The highest BCUT2D eigenvalue weighted by molar-refractivity contribution is 6.33. The lowest BCUT2D eigenvalue weighted by Crippen LogP contribution is -2.30. The van der Waals surface area contributed by atoms with Gasteiger partial charge >= 0.3 is 0 Å². The number of amides is 1. The van der Waals surface area contributed by atoms with Crippen LogP contribution in [0.5, 0.6) is 5.75 Å². The first-order valence-electron chi connectivity index (χ1n) is 6.74. The topological polar surface area (TPSA) is 42.4 Å². The Bertz CT molecular complexity index is 657. The van der Waals surface area contributed by atoms with E-state index in [-0.39, 0.29) is 16.2 Å². The lowest BCUT2D eigenvalue weighted by atomic mass is 10.2. The standard InChI is InChI=1S/C16H16Cl2N2O2/c1-11-4-3-5-13(8-11)22-7-6-20(2)16(21)12-9-14(17)19-15(18)10-12/h3-5,8-10H,6-7H2,1-2H3. The number of hydrogen-bond donors (Lipinski definition) is 0. The van der Waals surface area contributed by atoms with Gasteiger partial charge in [-0.15, -0.1) is 0 Å². The molecule has 1 amide bonds. The van der Waals surface area contributed by atoms with E-state index >= 15 is 0 Å². The molecule has 0 unspecified atom stereocenters. The Hall–Kier alpha value is -1.78. The van der Waals surface area contributed by atoms with Gasteiger partial charge in [-0.25, -0.2) is 4.98 Å². The summed E-state index contributed by atoms with van der Waals surface area (Å²) in [6, 6.07) is 10.8. The van der Waals surface area contributed by atoms with Gasteiger partial charge in [-0.05, 0) is 36.8 Å². The number of carbonyl (C=O) groups excluding carboxylic acids is 1. The molecule has 0 N–H and O–H groups in total. The van der Waals surface area contributed by atoms with Gasteiger partial charge in [0.2, 0.25) is 0 Å². The summed E-state index contributed by atoms with van der Waals surface area (Å²) in [6.07, 6.45) is 0. The third kappa shape index (κ3) is 4.61. The van der Waals surface area contributed by atoms with Gasteiger partial charge in [0.25, 0.3) is 5.91 Å². The smallest absolute Gasteiger partial charge is 0.253 e. The van der Waals surface area contributed by atoms with Crippen LogP contribution in [0.25, 0.3) is 0 Å². The average molecular weight is 339 g/mol. The molecular weight excluding hydrogens is 323 g/mol. The van der Waals surface area contributed by atoms with Crippen molar-refractivity contribution in [2.75, 3.05) is 20.2 Å². The van der Waals surface area contributed by atoms with Gasteiger partial charge in [0.15, 0.2) is 0 Å². The van der Waals surface area contributed by atoms with E-state index in [1.54, 1.807) is 11.9 Å². The summed E-state index contributed by atoms with van der Waals surface area (Å²) in [5, 5.41) is 0.389. The summed E-state index contributed by atoms with van der Waals surface area (Å²) < 4.78 is 5.63. The van der Waals surface area contributed by atoms with Crippen LogP contribution < -0.4 is 4.74 Å². The van der Waals surface area contributed by atoms with E-state index in [0.717, 1.165) is 11.3 Å². The van der Waals surface area contributed by atoms with E-state index in [0.29, 0.717) is 18.7 Å². The number of ether oxygens (including phenoxy) is 1. The van der Waals surface area contributed by atoms with Crippen molar-refractivity contribution in [2.24, 2.45) is 0 Å². The van der Waals surface area contributed by atoms with E-state index in [9.17, 15) is 4.79 Å². The molecule has 116 valence electrons. The van der Waals surface area contributed by atoms with Crippen LogP contribution in [0.15, 0.2) is 36.4 Å². The molecule has 0 aliphatic rings. The molecule has 0 fully saturated rings. The third-order valence-corrected chi connectivity index (χ3v) is 3.43. The third-order valence-electron chi connectivity index (χ3n) is 3.04. The first kappa shape index (κ1) is 16.6. The Morgan fingerprint density at radius 1 is 1.23 bits per heavy atom. The molecule has 0 aliphatic carbocycles. The molecule has 0 bridgehead atoms. The molecule has 1 heterocycles. The molecule has 1 aromatic heterocycles. The summed E-state index contributed by atoms with van der Waals surface area (Å²) in [4.78, 5) is 17.6. The van der Waals surface area contributed by atoms with Crippen molar-refractivity contribution in [1.82, 2.24) is 9.88 Å². The van der Waals surface area contributed by atoms with Gasteiger partial charge in [-0.3, -0.25) is 4.79 Å². The average Bonchev–Trinajstić information content (AvgIpc) is 2.45. The lowest BCUT2D eigenvalue weighted by molar-refractivity contribution is 0.0773. The zero-order valence-electron chi connectivity index (χ0n) is 12.3. The van der Waals surface area contributed by atoms with E-state index < -0.39 is 0 Å². The molecule has 2 aromatic rings. The number of likely N-dealkylation sites (N-methyl/N-ethyl adjacent to an activating group) is 1. The van der Waals surface area contributed by atoms with Gasteiger partial charge in [0.1, 0.15) is 22.7 Å². The summed E-state index contributed by atoms with van der Waals surface area (Å²) in [5.41, 5.74) is 1.53. The molecule has 22 heavy (non-hydrogen) atoms. The van der Waals surface area contributed by atoms with Crippen LogP contribution in [0.4, 0.5) is 0 Å². The molecule has 0 spiro atoms. The molecule has 6 heteroatoms. The molecule has 0 saturated heterocycles. The maximum absolute atomic E-state index is 12.3. The van der Waals surface area contributed by atoms with E-state index in [1.807, 2.05) is 31.2 Å². The number of halogens is 2. The SMILES string of the molecule is Cc1cccc(OCCN(C)C(=O)c2cc(Cl)nc(Cl)c2)c1. The predicted octanol–water partition coefficient (Wildman–Crippen LogP) is 3.85. The first-order chi connectivity index (χ1) is 10.5. The maximum atomic E-state index is 12.3. The number of aryl methyl sites for hydroxylation is 1. The Kier molecular flexibility index (Phi) is 5.63. The Morgan fingerprint density at radius 3 is 2.55 bits per heavy atom. The summed E-state index contributed by atoms with van der Waals surface area (Å²) in [6.45, 7) is 2.85. The van der Waals surface area contributed by atoms with Crippen molar-refractivity contribution < 1.29 is 9.53 Å². The van der Waals surface area contributed by atoms with Crippen LogP contribution >= 0.6 is 23.2 Å². The number of benzene rings is 1. The molecule has 2 rings (SSSR count). The van der Waals surface area contributed by atoms with Crippen molar-refractivity contribution >= 4 is 29.1 Å². The minimum Gasteiger partial charge on any atom is -0.492 e. The quantitative estimate of drug-likeness (QED) is 0.777. The fourth-order valence-electron chi connectivity index (χ4n) is 1.92. The highest BCUT2D eigenvalue weighted by Crippen LogP contribution is 2.16. The van der Waals surface area contributed by atoms with Crippen LogP contribution in [-0.2, 0) is 0 Å². The number of carbonyl (C=O) groups is 1. The zero-order chi connectivity index (χ0) is 16.1. The summed E-state index contributed by atoms with van der Waals surface area (Å²) in [7, 11) is 1.70. The van der Waals surface area contributed by atoms with Crippen molar-refractivity contribution in [3.8, 4) is 5.75 Å². The van der Waals surface area contributed by atoms with Crippen LogP contribution in [0.1, 0.15) is 15.9 Å². The molecule has 0 radical (unpaired) electrons. The molecule has 4 nitrogen and oxygen atoms in total. The number of aromatic nitrogens is 1. The molecule has 0 atom stereocenters. The second-order valence-corrected chi connectivity index (χ2v) is 5.67. The number of hydrogen-bond acceptors (Lipinski definition) is 3. The van der Waals surface area contributed by atoms with Crippen molar-refractivity contribution in [1.29, 1.82) is 0 Å². The van der Waals surface area contributed by atoms with Crippen molar-refractivity contribution in [2.45, 2.75) is 6.92 Å². The van der Waals surface area contributed by atoms with Crippen LogP contribution in [0, 0.1) is 6.92 Å². The monoisotopic (exact) mass is 338 g/mol. The van der Waals surface area contributed by atoms with E-state index in [2.05, 4.69) is 4.98 Å². The minimum atomic E-state index is -0.181. The molecule has 1 aromatic carbocycles. The highest BCUT2D eigenvalue weighted by atomic mass is 35.5. The normalized spacial score (nSPS) is 10.4. The van der Waals surface area contributed by atoms with Gasteiger partial charge in [0, 0.05) is 12.6 Å². The summed E-state index contributed by atoms with van der Waals surface area (Å²) >= 11 is 11.6. The second kappa shape index (κ2) is 7.47. The fraction of sp³-hybridized carbons (Fsp3) is 0.250. The number of nitrogens with zero attached hydrogens (tertiary/aromatic N) is 2. The summed E-state index contributed by atoms with van der Waals surface area (Å²) in [5.74, 6) is 0.606. The largest absolute Gasteiger partial charge is 0.492 e. The van der Waals surface area contributed by atoms with Gasteiger partial charge in [-0.1, -0.05) is 35.3 Å². The van der Waals surface area contributed by atoms with Crippen LogP contribution in [-0.4, -0.2) is 36.0 Å². The maximum Gasteiger partial charge on any atom is 0.253 e.